The minimum Gasteiger partial charge on any atom is -0.398 e. The molecular weight excluding hydrogens is 643 g/mol. The van der Waals surface area contributed by atoms with Crippen LogP contribution in [0.1, 0.15) is 68.0 Å². The van der Waals surface area contributed by atoms with Crippen LogP contribution in [0.5, 0.6) is 0 Å². The lowest BCUT2D eigenvalue weighted by atomic mass is 9.96. The average molecular weight is 694 g/mol. The minimum absolute atomic E-state index is 0.493. The first-order chi connectivity index (χ1) is 26.1. The molecule has 1 aliphatic heterocycles. The summed E-state index contributed by atoms with van der Waals surface area (Å²) in [5.41, 5.74) is 21.3. The molecule has 8 rings (SSSR count). The van der Waals surface area contributed by atoms with E-state index >= 15 is 0 Å². The van der Waals surface area contributed by atoms with Gasteiger partial charge in [-0.05, 0) is 109 Å². The Labute approximate surface area is 316 Å². The average Bonchev–Trinajstić information content (AvgIpc) is 3.57. The van der Waals surface area contributed by atoms with E-state index in [-0.39, 0.29) is 0 Å². The molecule has 3 nitrogen and oxygen atoms in total. The van der Waals surface area contributed by atoms with Crippen molar-refractivity contribution in [3.63, 3.8) is 0 Å². The fourth-order valence-corrected chi connectivity index (χ4v) is 7.91. The molecule has 0 amide bonds. The summed E-state index contributed by atoms with van der Waals surface area (Å²) in [5.74, 6) is 0. The number of rotatable bonds is 9. The Balaban J connectivity index is 0.000000227. The maximum atomic E-state index is 6.00. The molecule has 0 fully saturated rings. The fourth-order valence-electron chi connectivity index (χ4n) is 7.91. The molecule has 0 radical (unpaired) electrons. The number of nitrogens with zero attached hydrogens (tertiary/aromatic N) is 2. The first kappa shape index (κ1) is 35.6. The minimum atomic E-state index is 0.493. The van der Waals surface area contributed by atoms with Gasteiger partial charge < -0.3 is 15.2 Å². The molecule has 0 spiro atoms. The summed E-state index contributed by atoms with van der Waals surface area (Å²) in [4.78, 5) is 2.60. The molecule has 2 aliphatic rings. The van der Waals surface area contributed by atoms with Gasteiger partial charge in [0, 0.05) is 40.3 Å². The predicted molar refractivity (Wildman–Crippen MR) is 229 cm³/mol. The van der Waals surface area contributed by atoms with E-state index in [9.17, 15) is 0 Å². The van der Waals surface area contributed by atoms with Crippen molar-refractivity contribution in [3.05, 3.63) is 186 Å². The van der Waals surface area contributed by atoms with Gasteiger partial charge in [-0.3, -0.25) is 0 Å². The van der Waals surface area contributed by atoms with Crippen LogP contribution in [-0.2, 0) is 12.8 Å². The number of likely N-dealkylation sites (N-methyl/N-ethyl adjacent to an activating group) is 1. The molecule has 6 aromatic rings. The maximum absolute atomic E-state index is 6.00. The van der Waals surface area contributed by atoms with Crippen LogP contribution in [0.2, 0.25) is 0 Å². The summed E-state index contributed by atoms with van der Waals surface area (Å²) < 4.78 is 2.43. The number of fused-ring (bicyclic) bond motifs is 4. The van der Waals surface area contributed by atoms with Crippen molar-refractivity contribution in [2.45, 2.75) is 58.9 Å². The Morgan fingerprint density at radius 1 is 0.792 bits per heavy atom. The number of para-hydroxylation sites is 1. The van der Waals surface area contributed by atoms with Gasteiger partial charge in [0.15, 0.2) is 0 Å². The third-order valence-electron chi connectivity index (χ3n) is 10.5. The number of nitrogens with two attached hydrogens (primary N) is 1. The molecule has 0 saturated carbocycles. The van der Waals surface area contributed by atoms with Crippen LogP contribution in [0, 0.1) is 0 Å². The number of aryl methyl sites for hydroxylation is 1. The van der Waals surface area contributed by atoms with Crippen molar-refractivity contribution in [1.29, 1.82) is 0 Å². The summed E-state index contributed by atoms with van der Waals surface area (Å²) in [6.45, 7) is 7.80. The highest BCUT2D eigenvalue weighted by atomic mass is 15.2. The van der Waals surface area contributed by atoms with Crippen molar-refractivity contribution >= 4 is 33.9 Å². The molecule has 266 valence electrons. The highest BCUT2D eigenvalue weighted by Crippen LogP contribution is 2.45. The highest BCUT2D eigenvalue weighted by Gasteiger charge is 2.33. The Kier molecular flexibility index (Phi) is 11.2. The summed E-state index contributed by atoms with van der Waals surface area (Å²) in [6, 6.07) is 45.8. The lowest BCUT2D eigenvalue weighted by Gasteiger charge is -2.26. The van der Waals surface area contributed by atoms with Gasteiger partial charge in [-0.25, -0.2) is 0 Å². The van der Waals surface area contributed by atoms with Gasteiger partial charge in [0.1, 0.15) is 0 Å². The Morgan fingerprint density at radius 3 is 2.21 bits per heavy atom. The lowest BCUT2D eigenvalue weighted by molar-refractivity contribution is 0.687. The molecular formula is C50H51N3. The summed E-state index contributed by atoms with van der Waals surface area (Å²) in [6.07, 6.45) is 18.8. The van der Waals surface area contributed by atoms with Crippen LogP contribution in [0.15, 0.2) is 158 Å². The summed E-state index contributed by atoms with van der Waals surface area (Å²) >= 11 is 0. The molecule has 2 N–H and O–H groups in total. The molecule has 5 aromatic carbocycles. The van der Waals surface area contributed by atoms with Gasteiger partial charge in [0.2, 0.25) is 0 Å². The monoisotopic (exact) mass is 693 g/mol. The van der Waals surface area contributed by atoms with E-state index in [0.717, 1.165) is 43.5 Å². The van der Waals surface area contributed by atoms with Crippen molar-refractivity contribution in [2.75, 3.05) is 11.4 Å². The quantitative estimate of drug-likeness (QED) is 0.164. The zero-order chi connectivity index (χ0) is 36.6. The molecule has 1 unspecified atom stereocenters. The number of hydrogen-bond acceptors (Lipinski definition) is 2. The van der Waals surface area contributed by atoms with Gasteiger partial charge in [0.25, 0.3) is 0 Å². The van der Waals surface area contributed by atoms with Crippen molar-refractivity contribution in [3.8, 4) is 16.8 Å². The normalized spacial score (nSPS) is 15.2. The number of allylic oxidation sites excluding steroid dienone is 5. The Hall–Kier alpha value is -5.80. The first-order valence-electron chi connectivity index (χ1n) is 19.3. The van der Waals surface area contributed by atoms with E-state index in [4.69, 9.17) is 5.73 Å². The SMILES string of the molecule is CC/C=C\c1c(CC)c2cc(-c3ccc4c(c3)N(CC)C3CCC=CC=C43)ccc2n1-c1ccccc1.N/C(=C\Cc1ccccc1)c1ccccc1. The van der Waals surface area contributed by atoms with Gasteiger partial charge in [0.05, 0.1) is 11.6 Å². The van der Waals surface area contributed by atoms with E-state index in [1.54, 1.807) is 0 Å². The molecule has 53 heavy (non-hydrogen) atoms. The van der Waals surface area contributed by atoms with Crippen LogP contribution >= 0.6 is 0 Å². The third kappa shape index (κ3) is 7.57. The van der Waals surface area contributed by atoms with E-state index in [0.29, 0.717) is 6.04 Å². The summed E-state index contributed by atoms with van der Waals surface area (Å²) in [7, 11) is 0. The molecule has 0 bridgehead atoms. The second-order valence-electron chi connectivity index (χ2n) is 13.8. The molecule has 1 aliphatic carbocycles. The second kappa shape index (κ2) is 16.7. The fraction of sp³-hybridized carbons (Fsp3) is 0.200. The van der Waals surface area contributed by atoms with Crippen LogP contribution in [-0.4, -0.2) is 17.2 Å². The van der Waals surface area contributed by atoms with Crippen molar-refractivity contribution < 1.29 is 0 Å². The van der Waals surface area contributed by atoms with Gasteiger partial charge in [-0.1, -0.05) is 141 Å². The van der Waals surface area contributed by atoms with Gasteiger partial charge >= 0.3 is 0 Å². The smallest absolute Gasteiger partial charge is 0.0552 e. The zero-order valence-corrected chi connectivity index (χ0v) is 31.4. The van der Waals surface area contributed by atoms with E-state index in [2.05, 4.69) is 146 Å². The number of anilines is 1. The predicted octanol–water partition coefficient (Wildman–Crippen LogP) is 12.5. The number of aromatic nitrogens is 1. The Morgan fingerprint density at radius 2 is 1.49 bits per heavy atom. The summed E-state index contributed by atoms with van der Waals surface area (Å²) in [5, 5.41) is 1.35. The topological polar surface area (TPSA) is 34.2 Å². The third-order valence-corrected chi connectivity index (χ3v) is 10.5. The first-order valence-corrected chi connectivity index (χ1v) is 19.3. The van der Waals surface area contributed by atoms with Crippen molar-refractivity contribution in [2.24, 2.45) is 5.73 Å². The molecule has 0 saturated heterocycles. The maximum Gasteiger partial charge on any atom is 0.0552 e. The molecule has 1 atom stereocenters. The van der Waals surface area contributed by atoms with Gasteiger partial charge in [-0.2, -0.15) is 0 Å². The standard InChI is InChI=1S/C35H36N2.C15H15N/c1-4-7-17-33-28(5-2)31-23-25(20-22-34(31)37(33)27-14-10-8-11-15-27)26-19-21-30-29-16-12-9-13-18-32(29)36(6-3)35(30)24-26;16-15(14-9-5-2-6-10-14)12-11-13-7-3-1-4-8-13/h7-12,14-17,19-24,32H,4-6,13,18H2,1-3H3;1-10,12H,11,16H2/b17-7-;15-12-. The number of hydrogen-bond donors (Lipinski definition) is 1. The van der Waals surface area contributed by atoms with Gasteiger partial charge in [-0.15, -0.1) is 0 Å². The van der Waals surface area contributed by atoms with E-state index in [1.165, 1.54) is 67.8 Å². The molecule has 2 heterocycles. The largest absolute Gasteiger partial charge is 0.398 e. The Bertz CT molecular complexity index is 2270. The van der Waals surface area contributed by atoms with Crippen molar-refractivity contribution in [1.82, 2.24) is 4.57 Å². The van der Waals surface area contributed by atoms with E-state index < -0.39 is 0 Å². The number of benzene rings is 5. The van der Waals surface area contributed by atoms with E-state index in [1.807, 2.05) is 48.5 Å². The van der Waals surface area contributed by atoms with Crippen LogP contribution in [0.4, 0.5) is 5.69 Å². The van der Waals surface area contributed by atoms with Crippen LogP contribution < -0.4 is 10.6 Å². The van der Waals surface area contributed by atoms with Crippen LogP contribution in [0.25, 0.3) is 45.1 Å². The zero-order valence-electron chi connectivity index (χ0n) is 31.4. The molecule has 3 heteroatoms. The molecule has 1 aromatic heterocycles. The highest BCUT2D eigenvalue weighted by molar-refractivity contribution is 5.95. The van der Waals surface area contributed by atoms with Crippen LogP contribution in [0.3, 0.4) is 0 Å². The lowest BCUT2D eigenvalue weighted by Crippen LogP contribution is -2.30. The second-order valence-corrected chi connectivity index (χ2v) is 13.8.